The third-order valence-corrected chi connectivity index (χ3v) is 6.80. The van der Waals surface area contributed by atoms with Crippen LogP contribution >= 0.6 is 11.3 Å². The van der Waals surface area contributed by atoms with Crippen LogP contribution in [0.4, 0.5) is 0 Å². The molecular weight excluding hydrogens is 370 g/mol. The van der Waals surface area contributed by atoms with Crippen LogP contribution in [0.3, 0.4) is 0 Å². The fourth-order valence-electron chi connectivity index (χ4n) is 4.15. The van der Waals surface area contributed by atoms with Crippen LogP contribution in [-0.4, -0.2) is 81.3 Å². The first-order chi connectivity index (χ1) is 13.8. The lowest BCUT2D eigenvalue weighted by Gasteiger charge is -2.33. The molecule has 3 rings (SSSR count). The van der Waals surface area contributed by atoms with Crippen LogP contribution in [0.5, 0.6) is 0 Å². The van der Waals surface area contributed by atoms with Gasteiger partial charge in [0.2, 0.25) is 0 Å². The van der Waals surface area contributed by atoms with Gasteiger partial charge in [0, 0.05) is 43.6 Å². The number of ether oxygens (including phenoxy) is 1. The highest BCUT2D eigenvalue weighted by molar-refractivity contribution is 7.10. The average molecular weight is 408 g/mol. The summed E-state index contributed by atoms with van der Waals surface area (Å²) < 4.78 is 5.55. The molecule has 28 heavy (non-hydrogen) atoms. The Hall–Kier alpha value is -1.15. The Morgan fingerprint density at radius 3 is 2.79 bits per heavy atom. The molecule has 6 nitrogen and oxygen atoms in total. The highest BCUT2D eigenvalue weighted by atomic mass is 32.1. The van der Waals surface area contributed by atoms with Crippen molar-refractivity contribution in [2.24, 2.45) is 4.99 Å². The van der Waals surface area contributed by atoms with Gasteiger partial charge in [-0.1, -0.05) is 18.9 Å². The van der Waals surface area contributed by atoms with Gasteiger partial charge in [0.1, 0.15) is 0 Å². The Balaban J connectivity index is 1.54. The van der Waals surface area contributed by atoms with Crippen LogP contribution in [0.2, 0.25) is 0 Å². The molecule has 7 heteroatoms. The van der Waals surface area contributed by atoms with Crippen molar-refractivity contribution >= 4 is 17.3 Å². The second-order valence-electron chi connectivity index (χ2n) is 7.74. The smallest absolute Gasteiger partial charge is 0.191 e. The van der Waals surface area contributed by atoms with Crippen molar-refractivity contribution < 1.29 is 4.74 Å². The van der Waals surface area contributed by atoms with Crippen molar-refractivity contribution in [3.8, 4) is 0 Å². The number of guanidine groups is 1. The Morgan fingerprint density at radius 2 is 2.11 bits per heavy atom. The minimum atomic E-state index is 0.334. The molecule has 2 aliphatic rings. The SMILES string of the molecule is CCNC(=NCC(c1cccs1)N1CCOCC1)NCCN(C)C1CCCC1. The Labute approximate surface area is 174 Å². The van der Waals surface area contributed by atoms with E-state index in [0.717, 1.165) is 64.5 Å². The zero-order chi connectivity index (χ0) is 19.6. The molecular formula is C21H37N5OS. The third kappa shape index (κ3) is 6.44. The van der Waals surface area contributed by atoms with Gasteiger partial charge in [0.05, 0.1) is 25.8 Å². The molecule has 0 spiro atoms. The van der Waals surface area contributed by atoms with E-state index in [2.05, 4.69) is 51.9 Å². The van der Waals surface area contributed by atoms with Gasteiger partial charge < -0.3 is 20.3 Å². The third-order valence-electron chi connectivity index (χ3n) is 5.83. The normalized spacial score (nSPS) is 20.6. The highest BCUT2D eigenvalue weighted by Gasteiger charge is 2.23. The first-order valence-corrected chi connectivity index (χ1v) is 11.7. The number of nitrogens with zero attached hydrogens (tertiary/aromatic N) is 3. The lowest BCUT2D eigenvalue weighted by Crippen LogP contribution is -2.43. The van der Waals surface area contributed by atoms with Crippen LogP contribution in [0, 0.1) is 0 Å². The predicted molar refractivity (Wildman–Crippen MR) is 118 cm³/mol. The molecule has 0 radical (unpaired) electrons. The Kier molecular flexibility index (Phi) is 9.05. The Bertz CT molecular complexity index is 567. The molecule has 1 aromatic heterocycles. The number of rotatable bonds is 9. The van der Waals surface area contributed by atoms with E-state index in [1.807, 2.05) is 11.3 Å². The molecule has 1 unspecified atom stereocenters. The summed E-state index contributed by atoms with van der Waals surface area (Å²) in [6.07, 6.45) is 5.48. The maximum atomic E-state index is 5.55. The van der Waals surface area contributed by atoms with Gasteiger partial charge in [-0.2, -0.15) is 0 Å². The molecule has 1 saturated carbocycles. The molecule has 1 saturated heterocycles. The number of nitrogens with one attached hydrogen (secondary N) is 2. The van der Waals surface area contributed by atoms with E-state index in [1.165, 1.54) is 30.6 Å². The summed E-state index contributed by atoms with van der Waals surface area (Å²) in [5.74, 6) is 0.928. The molecule has 0 aromatic carbocycles. The number of thiophene rings is 1. The summed E-state index contributed by atoms with van der Waals surface area (Å²) >= 11 is 1.83. The Morgan fingerprint density at radius 1 is 1.32 bits per heavy atom. The molecule has 2 fully saturated rings. The van der Waals surface area contributed by atoms with Gasteiger partial charge in [0.25, 0.3) is 0 Å². The van der Waals surface area contributed by atoms with E-state index in [4.69, 9.17) is 9.73 Å². The van der Waals surface area contributed by atoms with Gasteiger partial charge in [-0.05, 0) is 38.3 Å². The van der Waals surface area contributed by atoms with E-state index in [1.54, 1.807) is 0 Å². The second-order valence-corrected chi connectivity index (χ2v) is 8.72. The topological polar surface area (TPSA) is 52.1 Å². The minimum Gasteiger partial charge on any atom is -0.379 e. The van der Waals surface area contributed by atoms with Crippen molar-refractivity contribution in [3.63, 3.8) is 0 Å². The highest BCUT2D eigenvalue weighted by Crippen LogP contribution is 2.26. The summed E-state index contributed by atoms with van der Waals surface area (Å²) in [6.45, 7) is 9.37. The predicted octanol–water partition coefficient (Wildman–Crippen LogP) is 2.55. The summed E-state index contributed by atoms with van der Waals surface area (Å²) in [4.78, 5) is 11.3. The summed E-state index contributed by atoms with van der Waals surface area (Å²) in [6, 6.07) is 5.47. The quantitative estimate of drug-likeness (QED) is 0.487. The molecule has 2 heterocycles. The van der Waals surface area contributed by atoms with Crippen molar-refractivity contribution in [3.05, 3.63) is 22.4 Å². The maximum Gasteiger partial charge on any atom is 0.191 e. The first kappa shape index (κ1) is 21.6. The number of hydrogen-bond donors (Lipinski definition) is 2. The van der Waals surface area contributed by atoms with E-state index >= 15 is 0 Å². The van der Waals surface area contributed by atoms with Crippen molar-refractivity contribution in [2.45, 2.75) is 44.7 Å². The van der Waals surface area contributed by atoms with Crippen LogP contribution in [0.15, 0.2) is 22.5 Å². The molecule has 1 aliphatic carbocycles. The lowest BCUT2D eigenvalue weighted by molar-refractivity contribution is 0.0186. The zero-order valence-corrected chi connectivity index (χ0v) is 18.3. The van der Waals surface area contributed by atoms with Crippen molar-refractivity contribution in [1.82, 2.24) is 20.4 Å². The molecule has 0 amide bonds. The van der Waals surface area contributed by atoms with Crippen LogP contribution in [-0.2, 0) is 4.74 Å². The van der Waals surface area contributed by atoms with E-state index in [-0.39, 0.29) is 0 Å². The van der Waals surface area contributed by atoms with Gasteiger partial charge >= 0.3 is 0 Å². The van der Waals surface area contributed by atoms with E-state index < -0.39 is 0 Å². The van der Waals surface area contributed by atoms with Gasteiger partial charge in [-0.3, -0.25) is 9.89 Å². The molecule has 1 atom stereocenters. The summed E-state index contributed by atoms with van der Waals surface area (Å²) in [5.41, 5.74) is 0. The van der Waals surface area contributed by atoms with Crippen LogP contribution < -0.4 is 10.6 Å². The number of hydrogen-bond acceptors (Lipinski definition) is 5. The summed E-state index contributed by atoms with van der Waals surface area (Å²) in [5, 5.41) is 9.11. The maximum absolute atomic E-state index is 5.55. The van der Waals surface area contributed by atoms with E-state index in [0.29, 0.717) is 6.04 Å². The van der Waals surface area contributed by atoms with Gasteiger partial charge in [-0.15, -0.1) is 11.3 Å². The standard InChI is InChI=1S/C21H37N5OS/c1-3-22-21(23-10-11-25(2)18-7-4-5-8-18)24-17-19(20-9-6-16-28-20)26-12-14-27-15-13-26/h6,9,16,18-19H,3-5,7-8,10-15,17H2,1-2H3,(H2,22,23,24). The molecule has 2 N–H and O–H groups in total. The van der Waals surface area contributed by atoms with Crippen LogP contribution in [0.25, 0.3) is 0 Å². The fourth-order valence-corrected chi connectivity index (χ4v) is 5.01. The van der Waals surface area contributed by atoms with E-state index in [9.17, 15) is 0 Å². The monoisotopic (exact) mass is 407 g/mol. The minimum absolute atomic E-state index is 0.334. The zero-order valence-electron chi connectivity index (χ0n) is 17.5. The summed E-state index contributed by atoms with van der Waals surface area (Å²) in [7, 11) is 2.26. The first-order valence-electron chi connectivity index (χ1n) is 10.9. The molecule has 158 valence electrons. The van der Waals surface area contributed by atoms with Crippen molar-refractivity contribution in [1.29, 1.82) is 0 Å². The number of morpholine rings is 1. The number of likely N-dealkylation sites (N-methyl/N-ethyl adjacent to an activating group) is 1. The largest absolute Gasteiger partial charge is 0.379 e. The number of aliphatic imine (C=N–C) groups is 1. The second kappa shape index (κ2) is 11.8. The average Bonchev–Trinajstić information content (AvgIpc) is 3.43. The molecule has 0 bridgehead atoms. The van der Waals surface area contributed by atoms with Crippen LogP contribution in [0.1, 0.15) is 43.5 Å². The van der Waals surface area contributed by atoms with Gasteiger partial charge in [-0.25, -0.2) is 0 Å². The molecule has 1 aliphatic heterocycles. The fraction of sp³-hybridized carbons (Fsp3) is 0.762. The molecule has 1 aromatic rings. The lowest BCUT2D eigenvalue weighted by atomic mass is 10.2. The van der Waals surface area contributed by atoms with Crippen molar-refractivity contribution in [2.75, 3.05) is 59.5 Å². The van der Waals surface area contributed by atoms with Gasteiger partial charge in [0.15, 0.2) is 5.96 Å².